The smallest absolute Gasteiger partial charge is 0.295 e. The first-order valence-electron chi connectivity index (χ1n) is 8.93. The van der Waals surface area contributed by atoms with Crippen LogP contribution in [-0.2, 0) is 6.54 Å². The Balaban J connectivity index is 1.45. The lowest BCUT2D eigenvalue weighted by Crippen LogP contribution is -2.26. The monoisotopic (exact) mass is 409 g/mol. The van der Waals surface area contributed by atoms with Crippen molar-refractivity contribution in [1.29, 1.82) is 0 Å². The van der Waals surface area contributed by atoms with Crippen LogP contribution in [0.5, 0.6) is 11.5 Å². The summed E-state index contributed by atoms with van der Waals surface area (Å²) in [7, 11) is 1.85. The van der Waals surface area contributed by atoms with E-state index in [1.54, 1.807) is 6.20 Å². The molecule has 0 aliphatic carbocycles. The molecule has 29 heavy (non-hydrogen) atoms. The van der Waals surface area contributed by atoms with E-state index >= 15 is 0 Å². The number of fused-ring (bicyclic) bond motifs is 2. The van der Waals surface area contributed by atoms with E-state index in [4.69, 9.17) is 21.1 Å². The molecule has 1 aliphatic rings. The van der Waals surface area contributed by atoms with Gasteiger partial charge in [-0.3, -0.25) is 4.79 Å². The zero-order chi connectivity index (χ0) is 20.0. The number of ether oxygens (including phenoxy) is 2. The van der Waals surface area contributed by atoms with Gasteiger partial charge in [0.1, 0.15) is 5.02 Å². The van der Waals surface area contributed by atoms with Crippen LogP contribution in [0.3, 0.4) is 0 Å². The summed E-state index contributed by atoms with van der Waals surface area (Å²) in [4.78, 5) is 22.2. The number of H-pyrrole nitrogens is 1. The number of anilines is 1. The van der Waals surface area contributed by atoms with Crippen LogP contribution in [0.1, 0.15) is 5.56 Å². The predicted octanol–water partition coefficient (Wildman–Crippen LogP) is 3.13. The number of hydrogen-bond donors (Lipinski definition) is 1. The van der Waals surface area contributed by atoms with Gasteiger partial charge >= 0.3 is 0 Å². The Kier molecular flexibility index (Phi) is 4.13. The summed E-state index contributed by atoms with van der Waals surface area (Å²) in [6.45, 7) is 0.747. The molecule has 2 aromatic carbocycles. The molecule has 4 aromatic rings. The molecule has 0 atom stereocenters. The van der Waals surface area contributed by atoms with Gasteiger partial charge in [-0.05, 0) is 29.8 Å². The number of hydrogen-bond acceptors (Lipinski definition) is 6. The Morgan fingerprint density at radius 1 is 1.21 bits per heavy atom. The fourth-order valence-corrected chi connectivity index (χ4v) is 3.55. The van der Waals surface area contributed by atoms with Gasteiger partial charge in [0.2, 0.25) is 12.7 Å². The number of imidazole rings is 1. The summed E-state index contributed by atoms with van der Waals surface area (Å²) in [5, 5.41) is 4.34. The fourth-order valence-electron chi connectivity index (χ4n) is 3.28. The highest BCUT2D eigenvalue weighted by atomic mass is 35.5. The molecule has 0 fully saturated rings. The van der Waals surface area contributed by atoms with E-state index in [2.05, 4.69) is 15.1 Å². The van der Waals surface area contributed by atoms with Gasteiger partial charge in [-0.15, -0.1) is 0 Å². The molecule has 8 nitrogen and oxygen atoms in total. The maximum Gasteiger partial charge on any atom is 0.295 e. The molecule has 0 radical (unpaired) electrons. The molecule has 2 aromatic heterocycles. The Morgan fingerprint density at radius 2 is 2.03 bits per heavy atom. The second kappa shape index (κ2) is 6.82. The SMILES string of the molecule is CN(Cc1ccc2c(c1)OCO2)c1cnn(-c2nc3ccccc3[nH]2)c(=O)c1Cl. The molecule has 0 amide bonds. The first kappa shape index (κ1) is 17.6. The average Bonchev–Trinajstić information content (AvgIpc) is 3.36. The second-order valence-corrected chi connectivity index (χ2v) is 7.06. The van der Waals surface area contributed by atoms with Gasteiger partial charge in [0.05, 0.1) is 22.9 Å². The van der Waals surface area contributed by atoms with Gasteiger partial charge in [0, 0.05) is 13.6 Å². The minimum absolute atomic E-state index is 0.0729. The largest absolute Gasteiger partial charge is 0.454 e. The maximum absolute atomic E-state index is 12.8. The molecule has 146 valence electrons. The van der Waals surface area contributed by atoms with Crippen molar-refractivity contribution >= 4 is 28.3 Å². The standard InChI is InChI=1S/C20H16ClN5O3/c1-25(10-12-6-7-16-17(8-12)29-11-28-16)15-9-22-26(19(27)18(15)21)20-23-13-4-2-3-5-14(13)24-20/h2-9H,10-11H2,1H3,(H,23,24). The highest BCUT2D eigenvalue weighted by Crippen LogP contribution is 2.33. The number of nitrogens with one attached hydrogen (secondary N) is 1. The molecule has 0 saturated carbocycles. The number of aromatic nitrogens is 4. The number of aromatic amines is 1. The summed E-state index contributed by atoms with van der Waals surface area (Å²) in [6, 6.07) is 13.2. The number of para-hydroxylation sites is 2. The molecule has 0 bridgehead atoms. The lowest BCUT2D eigenvalue weighted by Gasteiger charge is -2.20. The Morgan fingerprint density at radius 3 is 2.90 bits per heavy atom. The summed E-state index contributed by atoms with van der Waals surface area (Å²) in [5.41, 5.74) is 2.64. The lowest BCUT2D eigenvalue weighted by molar-refractivity contribution is 0.174. The maximum atomic E-state index is 12.8. The van der Waals surface area contributed by atoms with E-state index in [0.717, 1.165) is 22.3 Å². The van der Waals surface area contributed by atoms with Crippen molar-refractivity contribution in [1.82, 2.24) is 19.7 Å². The van der Waals surface area contributed by atoms with E-state index in [1.807, 2.05) is 54.4 Å². The molecular weight excluding hydrogens is 394 g/mol. The summed E-state index contributed by atoms with van der Waals surface area (Å²) in [6.07, 6.45) is 1.56. The molecule has 0 spiro atoms. The molecule has 1 aliphatic heterocycles. The Bertz CT molecular complexity index is 1250. The minimum atomic E-state index is -0.444. The fraction of sp³-hybridized carbons (Fsp3) is 0.150. The van der Waals surface area contributed by atoms with Crippen molar-refractivity contribution < 1.29 is 9.47 Å². The van der Waals surface area contributed by atoms with Crippen LogP contribution in [-0.4, -0.2) is 33.6 Å². The molecule has 9 heteroatoms. The van der Waals surface area contributed by atoms with Crippen LogP contribution in [0, 0.1) is 0 Å². The number of rotatable bonds is 4. The summed E-state index contributed by atoms with van der Waals surface area (Å²) in [5.74, 6) is 1.76. The molecule has 3 heterocycles. The van der Waals surface area contributed by atoms with Crippen LogP contribution >= 0.6 is 11.6 Å². The Hall–Kier alpha value is -3.52. The van der Waals surface area contributed by atoms with Crippen LogP contribution in [0.15, 0.2) is 53.5 Å². The van der Waals surface area contributed by atoms with Crippen LogP contribution in [0.25, 0.3) is 17.0 Å². The van der Waals surface area contributed by atoms with Crippen LogP contribution in [0.4, 0.5) is 5.69 Å². The van der Waals surface area contributed by atoms with Crippen molar-refractivity contribution in [2.24, 2.45) is 0 Å². The molecular formula is C20H16ClN5O3. The van der Waals surface area contributed by atoms with Gasteiger partial charge in [0.15, 0.2) is 11.5 Å². The summed E-state index contributed by atoms with van der Waals surface area (Å²) >= 11 is 6.40. The van der Waals surface area contributed by atoms with Crippen molar-refractivity contribution in [2.45, 2.75) is 6.54 Å². The third-order valence-corrected chi connectivity index (χ3v) is 5.10. The van der Waals surface area contributed by atoms with E-state index < -0.39 is 5.56 Å². The van der Waals surface area contributed by atoms with E-state index in [0.29, 0.717) is 23.9 Å². The first-order chi connectivity index (χ1) is 14.1. The predicted molar refractivity (Wildman–Crippen MR) is 109 cm³/mol. The summed E-state index contributed by atoms with van der Waals surface area (Å²) < 4.78 is 11.9. The number of benzene rings is 2. The van der Waals surface area contributed by atoms with Crippen LogP contribution in [0.2, 0.25) is 5.02 Å². The normalized spacial score (nSPS) is 12.5. The van der Waals surface area contributed by atoms with Gasteiger partial charge in [0.25, 0.3) is 5.56 Å². The van der Waals surface area contributed by atoms with Crippen LogP contribution < -0.4 is 19.9 Å². The lowest BCUT2D eigenvalue weighted by atomic mass is 10.2. The van der Waals surface area contributed by atoms with E-state index in [1.165, 1.54) is 4.68 Å². The van der Waals surface area contributed by atoms with E-state index in [9.17, 15) is 4.79 Å². The van der Waals surface area contributed by atoms with Gasteiger partial charge in [-0.25, -0.2) is 4.98 Å². The van der Waals surface area contributed by atoms with Crippen molar-refractivity contribution in [3.05, 3.63) is 69.6 Å². The topological polar surface area (TPSA) is 85.3 Å². The highest BCUT2D eigenvalue weighted by Gasteiger charge is 2.18. The third kappa shape index (κ3) is 3.07. The second-order valence-electron chi connectivity index (χ2n) is 6.68. The molecule has 1 N–H and O–H groups in total. The van der Waals surface area contributed by atoms with Gasteiger partial charge in [-0.2, -0.15) is 9.78 Å². The first-order valence-corrected chi connectivity index (χ1v) is 9.30. The highest BCUT2D eigenvalue weighted by molar-refractivity contribution is 6.33. The quantitative estimate of drug-likeness (QED) is 0.557. The number of nitrogens with zero attached hydrogens (tertiary/aromatic N) is 4. The van der Waals surface area contributed by atoms with Crippen molar-refractivity contribution in [2.75, 3.05) is 18.7 Å². The van der Waals surface area contributed by atoms with E-state index in [-0.39, 0.29) is 11.8 Å². The zero-order valence-corrected chi connectivity index (χ0v) is 16.2. The van der Waals surface area contributed by atoms with Gasteiger partial charge < -0.3 is 19.4 Å². The minimum Gasteiger partial charge on any atom is -0.454 e. The molecule has 0 saturated heterocycles. The Labute approximate surface area is 170 Å². The zero-order valence-electron chi connectivity index (χ0n) is 15.4. The van der Waals surface area contributed by atoms with Gasteiger partial charge in [-0.1, -0.05) is 29.8 Å². The molecule has 5 rings (SSSR count). The van der Waals surface area contributed by atoms with Crippen molar-refractivity contribution in [3.63, 3.8) is 0 Å². The van der Waals surface area contributed by atoms with Crippen molar-refractivity contribution in [3.8, 4) is 17.4 Å². The third-order valence-electron chi connectivity index (χ3n) is 4.75. The average molecular weight is 410 g/mol. The number of halogens is 1. The molecule has 0 unspecified atom stereocenters.